The maximum absolute atomic E-state index is 2.46. The van der Waals surface area contributed by atoms with Crippen molar-refractivity contribution in [1.82, 2.24) is 4.57 Å². The van der Waals surface area contributed by atoms with Crippen molar-refractivity contribution in [3.05, 3.63) is 285 Å². The van der Waals surface area contributed by atoms with E-state index in [1.165, 1.54) is 65.7 Å². The summed E-state index contributed by atoms with van der Waals surface area (Å²) in [6, 6.07) is 103. The van der Waals surface area contributed by atoms with Crippen molar-refractivity contribution < 1.29 is 0 Å². The molecule has 0 atom stereocenters. The Morgan fingerprint density at radius 1 is 0.211 bits per heavy atom. The molecule has 0 fully saturated rings. The molecule has 0 spiro atoms. The molecule has 0 bridgehead atoms. The Morgan fingerprint density at radius 3 is 0.972 bits per heavy atom. The molecular weight excluding hydrogens is 859 g/mol. The van der Waals surface area contributed by atoms with E-state index in [9.17, 15) is 0 Å². The zero-order valence-corrected chi connectivity index (χ0v) is 39.0. The molecule has 0 amide bonds. The van der Waals surface area contributed by atoms with Crippen LogP contribution in [-0.4, -0.2) is 4.57 Å². The summed E-state index contributed by atoms with van der Waals surface area (Å²) in [5.41, 5.74) is 17.2. The van der Waals surface area contributed by atoms with E-state index in [2.05, 4.69) is 299 Å². The molecule has 12 aromatic carbocycles. The number of anilines is 6. The van der Waals surface area contributed by atoms with E-state index >= 15 is 0 Å². The Bertz CT molecular complexity index is 3760. The lowest BCUT2D eigenvalue weighted by molar-refractivity contribution is 1.18. The summed E-state index contributed by atoms with van der Waals surface area (Å²) in [4.78, 5) is 4.70. The second-order valence-corrected chi connectivity index (χ2v) is 18.1. The average Bonchev–Trinajstić information content (AvgIpc) is 3.77. The lowest BCUT2D eigenvalue weighted by atomic mass is 9.85. The number of aromatic nitrogens is 1. The van der Waals surface area contributed by atoms with Crippen molar-refractivity contribution in [3.63, 3.8) is 0 Å². The molecule has 13 aromatic rings. The van der Waals surface area contributed by atoms with Gasteiger partial charge in [0.05, 0.1) is 11.0 Å². The van der Waals surface area contributed by atoms with Gasteiger partial charge in [0.1, 0.15) is 0 Å². The minimum atomic E-state index is 1.09. The van der Waals surface area contributed by atoms with Gasteiger partial charge in [-0.05, 0) is 158 Å². The Labute approximate surface area is 414 Å². The van der Waals surface area contributed by atoms with Crippen LogP contribution in [0.1, 0.15) is 0 Å². The van der Waals surface area contributed by atoms with Gasteiger partial charge in [-0.1, -0.05) is 182 Å². The predicted octanol–water partition coefficient (Wildman–Crippen LogP) is 19.0. The van der Waals surface area contributed by atoms with Gasteiger partial charge in [-0.3, -0.25) is 0 Å². The van der Waals surface area contributed by atoms with E-state index in [0.29, 0.717) is 0 Å². The molecule has 13 rings (SSSR count). The highest BCUT2D eigenvalue weighted by Gasteiger charge is 2.22. The van der Waals surface area contributed by atoms with Gasteiger partial charge in [-0.15, -0.1) is 0 Å². The van der Waals surface area contributed by atoms with Gasteiger partial charge >= 0.3 is 0 Å². The molecule has 1 heterocycles. The van der Waals surface area contributed by atoms with Crippen molar-refractivity contribution in [3.8, 4) is 39.1 Å². The molecular formula is C68H47N3. The lowest BCUT2D eigenvalue weighted by Gasteiger charge is -2.26. The average molecular weight is 906 g/mol. The lowest BCUT2D eigenvalue weighted by Crippen LogP contribution is -2.09. The zero-order chi connectivity index (χ0) is 47.1. The Morgan fingerprint density at radius 2 is 0.549 bits per heavy atom. The highest BCUT2D eigenvalue weighted by atomic mass is 15.1. The van der Waals surface area contributed by atoms with Gasteiger partial charge in [0.25, 0.3) is 0 Å². The zero-order valence-electron chi connectivity index (χ0n) is 39.0. The quantitative estimate of drug-likeness (QED) is 0.127. The topological polar surface area (TPSA) is 11.4 Å². The van der Waals surface area contributed by atoms with E-state index in [1.807, 2.05) is 0 Å². The Balaban J connectivity index is 1.03. The fourth-order valence-corrected chi connectivity index (χ4v) is 10.8. The van der Waals surface area contributed by atoms with Crippen LogP contribution in [0.15, 0.2) is 285 Å². The summed E-state index contributed by atoms with van der Waals surface area (Å²) in [6.45, 7) is 0. The van der Waals surface area contributed by atoms with Crippen LogP contribution in [0.4, 0.5) is 34.1 Å². The molecule has 0 unspecified atom stereocenters. The van der Waals surface area contributed by atoms with Gasteiger partial charge in [-0.2, -0.15) is 0 Å². The van der Waals surface area contributed by atoms with Crippen LogP contribution in [0.25, 0.3) is 82.4 Å². The van der Waals surface area contributed by atoms with Crippen molar-refractivity contribution in [2.45, 2.75) is 0 Å². The highest BCUT2D eigenvalue weighted by molar-refractivity contribution is 6.22. The van der Waals surface area contributed by atoms with E-state index in [4.69, 9.17) is 0 Å². The van der Waals surface area contributed by atoms with E-state index in [-0.39, 0.29) is 0 Å². The summed E-state index contributed by atoms with van der Waals surface area (Å²) in [6.07, 6.45) is 0. The maximum atomic E-state index is 2.46. The molecule has 0 aliphatic rings. The third kappa shape index (κ3) is 7.49. The molecule has 3 heteroatoms. The molecule has 0 saturated carbocycles. The van der Waals surface area contributed by atoms with Crippen LogP contribution in [0.3, 0.4) is 0 Å². The minimum absolute atomic E-state index is 1.09. The SMILES string of the molecule is c1ccc(-c2cccc(-c3c4ccccc4c(-c4cccc(-n5c6ccc(N(c7ccccc7)c7ccccc7)cc6c6cc(N(c7ccccc7)c7ccccc7)ccc65)c4)c4ccccc34)c2)cc1. The molecule has 0 saturated heterocycles. The summed E-state index contributed by atoms with van der Waals surface area (Å²) in [5, 5.41) is 7.25. The van der Waals surface area contributed by atoms with Gasteiger partial charge in [0.15, 0.2) is 0 Å². The molecule has 0 aliphatic carbocycles. The summed E-state index contributed by atoms with van der Waals surface area (Å²) in [5.74, 6) is 0. The number of fused-ring (bicyclic) bond motifs is 5. The third-order valence-corrected chi connectivity index (χ3v) is 13.9. The number of rotatable bonds is 10. The molecule has 71 heavy (non-hydrogen) atoms. The number of para-hydroxylation sites is 4. The fourth-order valence-electron chi connectivity index (χ4n) is 10.8. The number of nitrogens with zero attached hydrogens (tertiary/aromatic N) is 3. The largest absolute Gasteiger partial charge is 0.310 e. The van der Waals surface area contributed by atoms with Crippen LogP contribution in [-0.2, 0) is 0 Å². The van der Waals surface area contributed by atoms with Crippen LogP contribution >= 0.6 is 0 Å². The Kier molecular flexibility index (Phi) is 10.5. The van der Waals surface area contributed by atoms with Gasteiger partial charge < -0.3 is 14.4 Å². The first kappa shape index (κ1) is 41.7. The van der Waals surface area contributed by atoms with E-state index in [1.54, 1.807) is 0 Å². The monoisotopic (exact) mass is 905 g/mol. The molecule has 334 valence electrons. The first-order chi connectivity index (χ1) is 35.2. The van der Waals surface area contributed by atoms with E-state index < -0.39 is 0 Å². The number of hydrogen-bond donors (Lipinski definition) is 0. The summed E-state index contributed by atoms with van der Waals surface area (Å²) < 4.78 is 2.46. The second kappa shape index (κ2) is 17.9. The molecule has 1 aromatic heterocycles. The first-order valence-corrected chi connectivity index (χ1v) is 24.3. The van der Waals surface area contributed by atoms with Crippen molar-refractivity contribution in [1.29, 1.82) is 0 Å². The smallest absolute Gasteiger partial charge is 0.0542 e. The fraction of sp³-hybridized carbons (Fsp3) is 0. The highest BCUT2D eigenvalue weighted by Crippen LogP contribution is 2.47. The Hall–Kier alpha value is -9.44. The number of benzene rings is 12. The summed E-state index contributed by atoms with van der Waals surface area (Å²) >= 11 is 0. The van der Waals surface area contributed by atoms with Crippen LogP contribution in [0.2, 0.25) is 0 Å². The molecule has 0 aliphatic heterocycles. The van der Waals surface area contributed by atoms with Gasteiger partial charge in [0, 0.05) is 50.6 Å². The normalized spacial score (nSPS) is 11.4. The molecule has 0 N–H and O–H groups in total. The van der Waals surface area contributed by atoms with Crippen molar-refractivity contribution >= 4 is 77.5 Å². The van der Waals surface area contributed by atoms with Crippen LogP contribution in [0, 0.1) is 0 Å². The third-order valence-electron chi connectivity index (χ3n) is 13.9. The number of hydrogen-bond acceptors (Lipinski definition) is 2. The predicted molar refractivity (Wildman–Crippen MR) is 301 cm³/mol. The van der Waals surface area contributed by atoms with Gasteiger partial charge in [0.2, 0.25) is 0 Å². The van der Waals surface area contributed by atoms with Crippen molar-refractivity contribution in [2.75, 3.05) is 9.80 Å². The molecule has 0 radical (unpaired) electrons. The van der Waals surface area contributed by atoms with E-state index in [0.717, 1.165) is 50.8 Å². The van der Waals surface area contributed by atoms with Crippen LogP contribution < -0.4 is 9.80 Å². The van der Waals surface area contributed by atoms with Gasteiger partial charge in [-0.25, -0.2) is 0 Å². The summed E-state index contributed by atoms with van der Waals surface area (Å²) in [7, 11) is 0. The first-order valence-electron chi connectivity index (χ1n) is 24.3. The van der Waals surface area contributed by atoms with Crippen molar-refractivity contribution in [2.24, 2.45) is 0 Å². The maximum Gasteiger partial charge on any atom is 0.0542 e. The second-order valence-electron chi connectivity index (χ2n) is 18.1. The minimum Gasteiger partial charge on any atom is -0.310 e. The molecule has 3 nitrogen and oxygen atoms in total. The standard InChI is InChI=1S/C68H47N3/c1-6-22-48(23-7-1)49-24-20-25-50(44-49)67-59-36-16-18-38-61(59)68(62-39-19-17-37-60(62)67)51-26-21-35-56(45-51)71-65-42-40-57(69(52-27-8-2-9-28-52)53-29-10-3-11-30-53)46-63(65)64-47-58(41-43-66(64)71)70(54-31-12-4-13-32-54)55-33-14-5-15-34-55/h1-47H. The van der Waals surface area contributed by atoms with Crippen LogP contribution in [0.5, 0.6) is 0 Å².